The van der Waals surface area contributed by atoms with Gasteiger partial charge in [-0.25, -0.2) is 0 Å². The monoisotopic (exact) mass is 754 g/mol. The van der Waals surface area contributed by atoms with Crippen LogP contribution in [0.5, 0.6) is 11.5 Å². The van der Waals surface area contributed by atoms with E-state index in [2.05, 4.69) is 21.3 Å². The first kappa shape index (κ1) is 35.4. The van der Waals surface area contributed by atoms with Crippen molar-refractivity contribution in [1.29, 1.82) is 0 Å². The molecule has 4 aromatic rings. The maximum absolute atomic E-state index is 10.0. The van der Waals surface area contributed by atoms with Gasteiger partial charge in [0.15, 0.2) is 21.7 Å². The lowest BCUT2D eigenvalue weighted by atomic mass is 10.2. The number of thiocarbonyl (C=S) groups is 2. The van der Waals surface area contributed by atoms with Gasteiger partial charge in [-0.15, -0.1) is 0 Å². The average Bonchev–Trinajstić information content (AvgIpc) is 2.93. The second-order valence-electron chi connectivity index (χ2n) is 8.71. The Balaban J connectivity index is 0.000000236. The van der Waals surface area contributed by atoms with Crippen LogP contribution in [-0.2, 0) is 0 Å². The molecule has 0 aliphatic heterocycles. The zero-order valence-corrected chi connectivity index (χ0v) is 29.0. The molecule has 0 aromatic heterocycles. The number of anilines is 4. The molecule has 0 spiro atoms. The number of rotatable bonds is 4. The summed E-state index contributed by atoms with van der Waals surface area (Å²) >= 11 is 52.1. The van der Waals surface area contributed by atoms with Crippen molar-refractivity contribution in [2.24, 2.45) is 0 Å². The number of phenolic OH excluding ortho intramolecular Hbond substituents is 2. The molecule has 4 rings (SSSR count). The number of halogens is 7. The highest BCUT2D eigenvalue weighted by atomic mass is 35.5. The first-order valence-corrected chi connectivity index (χ1v) is 15.3. The molecule has 15 heteroatoms. The third-order valence-electron chi connectivity index (χ3n) is 5.56. The van der Waals surface area contributed by atoms with Gasteiger partial charge < -0.3 is 31.5 Å². The first-order chi connectivity index (χ1) is 20.2. The molecule has 0 saturated carbocycles. The largest absolute Gasteiger partial charge is 0.504 e. The summed E-state index contributed by atoms with van der Waals surface area (Å²) in [5.41, 5.74) is 3.21. The summed E-state index contributed by atoms with van der Waals surface area (Å²) in [6.07, 6.45) is 0. The van der Waals surface area contributed by atoms with E-state index < -0.39 is 0 Å². The smallest absolute Gasteiger partial charge is 0.175 e. The Morgan fingerprint density at radius 1 is 0.535 bits per heavy atom. The highest BCUT2D eigenvalue weighted by Gasteiger charge is 2.15. The minimum absolute atomic E-state index is 0.0983. The van der Waals surface area contributed by atoms with E-state index in [1.807, 2.05) is 0 Å². The fraction of sp³-hybridized carbons (Fsp3) is 0.0714. The van der Waals surface area contributed by atoms with Crippen LogP contribution in [0.3, 0.4) is 0 Å². The van der Waals surface area contributed by atoms with Crippen molar-refractivity contribution in [1.82, 2.24) is 0 Å². The summed E-state index contributed by atoms with van der Waals surface area (Å²) in [5.74, 6) is -0.226. The maximum atomic E-state index is 10.0. The molecule has 0 fully saturated rings. The van der Waals surface area contributed by atoms with E-state index >= 15 is 0 Å². The van der Waals surface area contributed by atoms with Crippen LogP contribution >= 0.6 is 106 Å². The standard InChI is InChI=1S/C14H10Cl4N2OS.C14H11Cl3N2OS/c1-6-10(17)5-11(13(21)12(6)18)20-14(22)19-9-3-7(15)2-8(16)4-9;1-7-10(16)6-11(13(20)12(7)17)19-14(21)18-9-4-2-8(15)3-5-9/h2-5,21H,1H3,(H2,19,20,22);2-6,20H,1H3,(H2,18,19,21). The number of phenols is 2. The fourth-order valence-electron chi connectivity index (χ4n) is 3.33. The van der Waals surface area contributed by atoms with Gasteiger partial charge in [0, 0.05) is 36.5 Å². The van der Waals surface area contributed by atoms with E-state index in [-0.39, 0.29) is 26.7 Å². The minimum Gasteiger partial charge on any atom is -0.504 e. The molecule has 0 heterocycles. The lowest BCUT2D eigenvalue weighted by molar-refractivity contribution is 0.477. The van der Waals surface area contributed by atoms with Crippen molar-refractivity contribution in [2.45, 2.75) is 13.8 Å². The van der Waals surface area contributed by atoms with Gasteiger partial charge in [-0.2, -0.15) is 0 Å². The second kappa shape index (κ2) is 15.8. The number of hydrogen-bond donors (Lipinski definition) is 6. The molecule has 6 N–H and O–H groups in total. The minimum atomic E-state index is -0.128. The van der Waals surface area contributed by atoms with Gasteiger partial charge in [-0.3, -0.25) is 0 Å². The SMILES string of the molecule is Cc1c(Cl)cc(NC(=S)Nc2cc(Cl)cc(Cl)c2)c(O)c1Cl.Cc1c(Cl)cc(NC(=S)Nc2ccc(Cl)cc2)c(O)c1Cl. The van der Waals surface area contributed by atoms with Crippen molar-refractivity contribution >= 4 is 139 Å². The average molecular weight is 758 g/mol. The van der Waals surface area contributed by atoms with Gasteiger partial charge >= 0.3 is 0 Å². The lowest BCUT2D eigenvalue weighted by Crippen LogP contribution is -2.19. The Bertz CT molecular complexity index is 1670. The molecule has 0 radical (unpaired) electrons. The summed E-state index contributed by atoms with van der Waals surface area (Å²) in [4.78, 5) is 0. The predicted molar refractivity (Wildman–Crippen MR) is 193 cm³/mol. The molecule has 0 saturated heterocycles. The first-order valence-electron chi connectivity index (χ1n) is 11.9. The van der Waals surface area contributed by atoms with Crippen molar-refractivity contribution in [2.75, 3.05) is 21.3 Å². The highest BCUT2D eigenvalue weighted by molar-refractivity contribution is 7.81. The summed E-state index contributed by atoms with van der Waals surface area (Å²) in [5, 5.41) is 34.9. The van der Waals surface area contributed by atoms with Crippen molar-refractivity contribution in [3.63, 3.8) is 0 Å². The molecular formula is C28H21Cl7N4O2S2. The third-order valence-corrected chi connectivity index (χ3v) is 8.37. The number of benzene rings is 4. The molecule has 0 aliphatic carbocycles. The van der Waals surface area contributed by atoms with Gasteiger partial charge in [0.25, 0.3) is 0 Å². The molecular weight excluding hydrogens is 737 g/mol. The Labute approximate surface area is 294 Å². The molecule has 0 aliphatic rings. The van der Waals surface area contributed by atoms with Crippen LogP contribution in [0.1, 0.15) is 11.1 Å². The van der Waals surface area contributed by atoms with Crippen LogP contribution in [0, 0.1) is 13.8 Å². The van der Waals surface area contributed by atoms with Crippen molar-refractivity contribution < 1.29 is 10.2 Å². The van der Waals surface area contributed by atoms with Gasteiger partial charge in [0.2, 0.25) is 0 Å². The summed E-state index contributed by atoms with van der Waals surface area (Å²) in [6, 6.07) is 15.1. The molecule has 4 aromatic carbocycles. The van der Waals surface area contributed by atoms with Crippen LogP contribution in [0.25, 0.3) is 0 Å². The Morgan fingerprint density at radius 3 is 1.35 bits per heavy atom. The second-order valence-corrected chi connectivity index (χ2v) is 12.4. The Morgan fingerprint density at radius 2 is 0.930 bits per heavy atom. The van der Waals surface area contributed by atoms with Crippen LogP contribution in [0.2, 0.25) is 35.2 Å². The van der Waals surface area contributed by atoms with Crippen LogP contribution in [-0.4, -0.2) is 20.4 Å². The van der Waals surface area contributed by atoms with E-state index in [9.17, 15) is 10.2 Å². The molecule has 6 nitrogen and oxygen atoms in total. The molecule has 0 unspecified atom stereocenters. The number of hydrogen-bond acceptors (Lipinski definition) is 4. The number of nitrogens with one attached hydrogen (secondary N) is 4. The topological polar surface area (TPSA) is 88.6 Å². The van der Waals surface area contributed by atoms with E-state index in [4.69, 9.17) is 106 Å². The number of aromatic hydroxyl groups is 2. The molecule has 43 heavy (non-hydrogen) atoms. The predicted octanol–water partition coefficient (Wildman–Crippen LogP) is 11.6. The Hall–Kier alpha value is -2.11. The van der Waals surface area contributed by atoms with Gasteiger partial charge in [-0.1, -0.05) is 81.2 Å². The van der Waals surface area contributed by atoms with Gasteiger partial charge in [0.05, 0.1) is 21.4 Å². The van der Waals surface area contributed by atoms with Crippen molar-refractivity contribution in [3.8, 4) is 11.5 Å². The normalized spacial score (nSPS) is 10.3. The summed E-state index contributed by atoms with van der Waals surface area (Å²) < 4.78 is 0. The van der Waals surface area contributed by atoms with Crippen LogP contribution in [0.15, 0.2) is 54.6 Å². The van der Waals surface area contributed by atoms with Crippen LogP contribution in [0.4, 0.5) is 22.7 Å². The summed E-state index contributed by atoms with van der Waals surface area (Å²) in [7, 11) is 0. The zero-order valence-electron chi connectivity index (χ0n) is 22.1. The van der Waals surface area contributed by atoms with Gasteiger partial charge in [0.1, 0.15) is 0 Å². The molecule has 226 valence electrons. The van der Waals surface area contributed by atoms with E-state index in [1.54, 1.807) is 62.4 Å². The van der Waals surface area contributed by atoms with E-state index in [0.717, 1.165) is 5.69 Å². The molecule has 0 bridgehead atoms. The fourth-order valence-corrected chi connectivity index (χ4v) is 5.35. The molecule has 0 atom stereocenters. The third kappa shape index (κ3) is 9.94. The van der Waals surface area contributed by atoms with Crippen molar-refractivity contribution in [3.05, 3.63) is 101 Å². The quantitative estimate of drug-likeness (QED) is 0.0906. The lowest BCUT2D eigenvalue weighted by Gasteiger charge is -2.14. The van der Waals surface area contributed by atoms with E-state index in [0.29, 0.717) is 58.4 Å². The maximum Gasteiger partial charge on any atom is 0.175 e. The van der Waals surface area contributed by atoms with Crippen LogP contribution < -0.4 is 21.3 Å². The van der Waals surface area contributed by atoms with E-state index in [1.165, 1.54) is 6.07 Å². The zero-order chi connectivity index (χ0) is 32.0. The highest BCUT2D eigenvalue weighted by Crippen LogP contribution is 2.40. The summed E-state index contributed by atoms with van der Waals surface area (Å²) in [6.45, 7) is 3.43. The van der Waals surface area contributed by atoms with Gasteiger partial charge in [-0.05, 0) is 104 Å². The molecule has 0 amide bonds. The Kier molecular flexibility index (Phi) is 13.0.